The van der Waals surface area contributed by atoms with Gasteiger partial charge in [0.1, 0.15) is 0 Å². The summed E-state index contributed by atoms with van der Waals surface area (Å²) >= 11 is 0. The minimum Gasteiger partial charge on any atom is -0.377 e. The highest BCUT2D eigenvalue weighted by atomic mass is 16.5. The summed E-state index contributed by atoms with van der Waals surface area (Å²) < 4.78 is 7.77. The number of nitrogens with zero attached hydrogens (tertiary/aromatic N) is 2. The second-order valence-corrected chi connectivity index (χ2v) is 5.07. The molecular formula is C15H29N3O. The molecule has 1 aromatic heterocycles. The number of likely N-dealkylation sites (N-methyl/N-ethyl adjacent to an activating group) is 1. The van der Waals surface area contributed by atoms with Crippen LogP contribution < -0.4 is 5.32 Å². The Morgan fingerprint density at radius 2 is 2.05 bits per heavy atom. The molecule has 0 aliphatic rings. The van der Waals surface area contributed by atoms with E-state index >= 15 is 0 Å². The van der Waals surface area contributed by atoms with Crippen molar-refractivity contribution in [1.29, 1.82) is 0 Å². The maximum Gasteiger partial charge on any atom is 0.0703 e. The molecule has 0 spiro atoms. The summed E-state index contributed by atoms with van der Waals surface area (Å²) in [7, 11) is 0. The van der Waals surface area contributed by atoms with Crippen molar-refractivity contribution in [2.24, 2.45) is 0 Å². The highest BCUT2D eigenvalue weighted by Crippen LogP contribution is 2.12. The molecule has 0 bridgehead atoms. The van der Waals surface area contributed by atoms with Crippen LogP contribution in [0.3, 0.4) is 0 Å². The van der Waals surface area contributed by atoms with Gasteiger partial charge in [0.05, 0.1) is 11.8 Å². The first-order chi connectivity index (χ1) is 9.12. The Morgan fingerprint density at radius 1 is 1.32 bits per heavy atom. The van der Waals surface area contributed by atoms with Crippen molar-refractivity contribution in [3.8, 4) is 0 Å². The standard InChI is InChI=1S/C15H29N3O/c1-6-12(4)18-10-9-14(17-18)11-15(16-7-2)13(5)19-8-3/h9-10,12-13,15-16H,6-8,11H2,1-5H3. The van der Waals surface area contributed by atoms with Crippen molar-refractivity contribution in [3.05, 3.63) is 18.0 Å². The number of hydrogen-bond donors (Lipinski definition) is 1. The molecule has 3 unspecified atom stereocenters. The Balaban J connectivity index is 2.65. The average Bonchev–Trinajstić information content (AvgIpc) is 2.86. The van der Waals surface area contributed by atoms with E-state index in [-0.39, 0.29) is 6.10 Å². The lowest BCUT2D eigenvalue weighted by atomic mass is 10.1. The summed E-state index contributed by atoms with van der Waals surface area (Å²) in [6.07, 6.45) is 4.31. The predicted octanol–water partition coefficient (Wildman–Crippen LogP) is 2.80. The van der Waals surface area contributed by atoms with Gasteiger partial charge in [0.2, 0.25) is 0 Å². The minimum absolute atomic E-state index is 0.207. The van der Waals surface area contributed by atoms with E-state index in [0.717, 1.165) is 31.7 Å². The first-order valence-electron chi connectivity index (χ1n) is 7.51. The molecule has 1 heterocycles. The maximum absolute atomic E-state index is 5.71. The minimum atomic E-state index is 0.207. The number of ether oxygens (including phenoxy) is 1. The lowest BCUT2D eigenvalue weighted by Crippen LogP contribution is -2.41. The van der Waals surface area contributed by atoms with Crippen LogP contribution in [0, 0.1) is 0 Å². The third kappa shape index (κ3) is 4.96. The van der Waals surface area contributed by atoms with Crippen LogP contribution in [0.1, 0.15) is 52.8 Å². The van der Waals surface area contributed by atoms with Gasteiger partial charge in [-0.3, -0.25) is 4.68 Å². The second-order valence-electron chi connectivity index (χ2n) is 5.07. The summed E-state index contributed by atoms with van der Waals surface area (Å²) in [5, 5.41) is 8.16. The van der Waals surface area contributed by atoms with Crippen molar-refractivity contribution < 1.29 is 4.74 Å². The van der Waals surface area contributed by atoms with E-state index in [9.17, 15) is 0 Å². The third-order valence-electron chi connectivity index (χ3n) is 3.60. The van der Waals surface area contributed by atoms with Gasteiger partial charge in [0, 0.05) is 31.3 Å². The van der Waals surface area contributed by atoms with Crippen LogP contribution in [0.15, 0.2) is 12.3 Å². The Hall–Kier alpha value is -0.870. The van der Waals surface area contributed by atoms with Gasteiger partial charge in [-0.25, -0.2) is 0 Å². The fraction of sp³-hybridized carbons (Fsp3) is 0.800. The molecule has 1 N–H and O–H groups in total. The number of nitrogens with one attached hydrogen (secondary N) is 1. The van der Waals surface area contributed by atoms with E-state index in [1.807, 2.05) is 6.92 Å². The Labute approximate surface area is 117 Å². The lowest BCUT2D eigenvalue weighted by molar-refractivity contribution is 0.0477. The fourth-order valence-corrected chi connectivity index (χ4v) is 2.19. The smallest absolute Gasteiger partial charge is 0.0703 e. The first kappa shape index (κ1) is 16.2. The van der Waals surface area contributed by atoms with E-state index in [1.165, 1.54) is 0 Å². The molecule has 0 aliphatic heterocycles. The Bertz CT molecular complexity index is 351. The fourth-order valence-electron chi connectivity index (χ4n) is 2.19. The predicted molar refractivity (Wildman–Crippen MR) is 79.5 cm³/mol. The maximum atomic E-state index is 5.71. The molecule has 0 saturated heterocycles. The largest absolute Gasteiger partial charge is 0.377 e. The monoisotopic (exact) mass is 267 g/mol. The molecule has 1 aromatic rings. The molecule has 4 heteroatoms. The summed E-state index contributed by atoms with van der Waals surface area (Å²) in [4.78, 5) is 0. The van der Waals surface area contributed by atoms with Crippen LogP contribution in [-0.4, -0.2) is 35.1 Å². The van der Waals surface area contributed by atoms with Crippen molar-refractivity contribution in [2.75, 3.05) is 13.2 Å². The highest BCUT2D eigenvalue weighted by molar-refractivity contribution is 5.03. The normalized spacial score (nSPS) is 16.3. The van der Waals surface area contributed by atoms with Crippen molar-refractivity contribution in [3.63, 3.8) is 0 Å². The van der Waals surface area contributed by atoms with Crippen molar-refractivity contribution >= 4 is 0 Å². The van der Waals surface area contributed by atoms with Crippen LogP contribution in [-0.2, 0) is 11.2 Å². The van der Waals surface area contributed by atoms with Gasteiger partial charge in [0.15, 0.2) is 0 Å². The third-order valence-corrected chi connectivity index (χ3v) is 3.60. The van der Waals surface area contributed by atoms with Crippen LogP contribution >= 0.6 is 0 Å². The topological polar surface area (TPSA) is 39.1 Å². The molecule has 19 heavy (non-hydrogen) atoms. The van der Waals surface area contributed by atoms with Crippen LogP contribution in [0.2, 0.25) is 0 Å². The van der Waals surface area contributed by atoms with Gasteiger partial charge in [-0.1, -0.05) is 13.8 Å². The lowest BCUT2D eigenvalue weighted by Gasteiger charge is -2.24. The second kappa shape index (κ2) is 8.33. The molecule has 110 valence electrons. The molecule has 3 atom stereocenters. The van der Waals surface area contributed by atoms with Crippen molar-refractivity contribution in [1.82, 2.24) is 15.1 Å². The number of hydrogen-bond acceptors (Lipinski definition) is 3. The quantitative estimate of drug-likeness (QED) is 0.748. The van der Waals surface area contributed by atoms with E-state index in [0.29, 0.717) is 12.1 Å². The SMILES string of the molecule is CCNC(Cc1ccn(C(C)CC)n1)C(C)OCC. The van der Waals surface area contributed by atoms with Crippen LogP contribution in [0.25, 0.3) is 0 Å². The highest BCUT2D eigenvalue weighted by Gasteiger charge is 2.18. The Morgan fingerprint density at radius 3 is 2.63 bits per heavy atom. The van der Waals surface area contributed by atoms with Crippen LogP contribution in [0.4, 0.5) is 0 Å². The molecule has 0 saturated carbocycles. The van der Waals surface area contributed by atoms with Crippen molar-refractivity contribution in [2.45, 2.75) is 65.6 Å². The molecular weight excluding hydrogens is 238 g/mol. The number of rotatable bonds is 9. The molecule has 1 rings (SSSR count). The molecule has 4 nitrogen and oxygen atoms in total. The van der Waals surface area contributed by atoms with Crippen LogP contribution in [0.5, 0.6) is 0 Å². The molecule has 0 fully saturated rings. The van der Waals surface area contributed by atoms with E-state index in [4.69, 9.17) is 4.74 Å². The van der Waals surface area contributed by atoms with Gasteiger partial charge in [-0.2, -0.15) is 5.10 Å². The molecule has 0 radical (unpaired) electrons. The Kier molecular flexibility index (Phi) is 7.10. The summed E-state index contributed by atoms with van der Waals surface area (Å²) in [5.41, 5.74) is 1.14. The summed E-state index contributed by atoms with van der Waals surface area (Å²) in [5.74, 6) is 0. The number of aromatic nitrogens is 2. The molecule has 0 aromatic carbocycles. The zero-order chi connectivity index (χ0) is 14.3. The van der Waals surface area contributed by atoms with Gasteiger partial charge in [-0.15, -0.1) is 0 Å². The van der Waals surface area contributed by atoms with E-state index in [1.54, 1.807) is 0 Å². The zero-order valence-electron chi connectivity index (χ0n) is 13.0. The van der Waals surface area contributed by atoms with E-state index < -0.39 is 0 Å². The average molecular weight is 267 g/mol. The summed E-state index contributed by atoms with van der Waals surface area (Å²) in [6.45, 7) is 12.4. The first-order valence-corrected chi connectivity index (χ1v) is 7.51. The van der Waals surface area contributed by atoms with Gasteiger partial charge in [0.25, 0.3) is 0 Å². The van der Waals surface area contributed by atoms with Gasteiger partial charge in [-0.05, 0) is 39.8 Å². The van der Waals surface area contributed by atoms with Gasteiger partial charge >= 0.3 is 0 Å². The molecule has 0 aliphatic carbocycles. The molecule has 0 amide bonds. The summed E-state index contributed by atoms with van der Waals surface area (Å²) in [6, 6.07) is 2.91. The zero-order valence-corrected chi connectivity index (χ0v) is 13.0. The van der Waals surface area contributed by atoms with E-state index in [2.05, 4.69) is 55.1 Å². The van der Waals surface area contributed by atoms with Gasteiger partial charge < -0.3 is 10.1 Å².